The number of hydrogen-bond donors (Lipinski definition) is 3. The highest BCUT2D eigenvalue weighted by molar-refractivity contribution is 7.19. The summed E-state index contributed by atoms with van der Waals surface area (Å²) in [6.45, 7) is 0.303. The Hall–Kier alpha value is -2.93. The summed E-state index contributed by atoms with van der Waals surface area (Å²) in [6.07, 6.45) is 2.18. The lowest BCUT2D eigenvalue weighted by Crippen LogP contribution is -2.37. The predicted octanol–water partition coefficient (Wildman–Crippen LogP) is 2.85. The summed E-state index contributed by atoms with van der Waals surface area (Å²) >= 11 is 0.830. The first-order valence-electron chi connectivity index (χ1n) is 10.2. The van der Waals surface area contributed by atoms with Gasteiger partial charge in [0.2, 0.25) is 0 Å². The minimum Gasteiger partial charge on any atom is -0.389 e. The quantitative estimate of drug-likeness (QED) is 0.514. The van der Waals surface area contributed by atoms with E-state index in [4.69, 9.17) is 20.9 Å². The number of nitrogens with zero attached hydrogens (tertiary/aromatic N) is 3. The van der Waals surface area contributed by atoms with Gasteiger partial charge in [0.25, 0.3) is 5.91 Å². The third-order valence-corrected chi connectivity index (χ3v) is 6.49. The van der Waals surface area contributed by atoms with Gasteiger partial charge in [-0.25, -0.2) is 13.8 Å². The molecule has 3 atom stereocenters. The number of carbonyl (C=O) groups excluding carboxylic acids is 1. The number of rotatable bonds is 5. The maximum Gasteiger partial charge on any atom is 0.277 e. The van der Waals surface area contributed by atoms with Crippen molar-refractivity contribution in [2.45, 2.75) is 31.1 Å². The van der Waals surface area contributed by atoms with Gasteiger partial charge in [0.15, 0.2) is 5.69 Å². The lowest BCUT2D eigenvalue weighted by Gasteiger charge is -2.19. The van der Waals surface area contributed by atoms with Crippen molar-refractivity contribution in [3.63, 3.8) is 0 Å². The normalized spacial score (nSPS) is 21.1. The molecule has 1 aliphatic heterocycles. The summed E-state index contributed by atoms with van der Waals surface area (Å²) < 4.78 is 41.3. The zero-order valence-electron chi connectivity index (χ0n) is 18.0. The Morgan fingerprint density at radius 3 is 2.76 bits per heavy atom. The van der Waals surface area contributed by atoms with E-state index in [9.17, 15) is 13.6 Å². The van der Waals surface area contributed by atoms with Crippen molar-refractivity contribution in [3.8, 4) is 10.6 Å². The van der Waals surface area contributed by atoms with Gasteiger partial charge in [-0.2, -0.15) is 5.10 Å². The molecule has 0 radical (unpaired) electrons. The zero-order valence-corrected chi connectivity index (χ0v) is 18.9. The standard InChI is InChI=1S/C21H24F2N6O3S/c1-29-18(14-7-6-12(24)15(31-2)9-32-14)13(8-26-29)27-20(30)17-19(25)33-21(28-17)16-10(22)4-3-5-11(16)23/h3-5,8,12,14-15H,6-7,9,24-25H2,1-2H3,(H,27,30)/t12-,14?,15-/m0/s1. The second-order valence-electron chi connectivity index (χ2n) is 7.69. The van der Waals surface area contributed by atoms with Gasteiger partial charge in [-0.1, -0.05) is 17.4 Å². The van der Waals surface area contributed by atoms with Gasteiger partial charge < -0.3 is 26.3 Å². The van der Waals surface area contributed by atoms with Crippen LogP contribution in [0.4, 0.5) is 19.5 Å². The average Bonchev–Trinajstić information content (AvgIpc) is 3.26. The number of ether oxygens (including phenoxy) is 2. The molecule has 5 N–H and O–H groups in total. The van der Waals surface area contributed by atoms with Crippen LogP contribution in [0.1, 0.15) is 35.1 Å². The molecule has 0 bridgehead atoms. The number of halogens is 2. The molecular formula is C21H24F2N6O3S. The van der Waals surface area contributed by atoms with Crippen LogP contribution in [-0.2, 0) is 16.5 Å². The number of carbonyl (C=O) groups is 1. The molecule has 1 unspecified atom stereocenters. The van der Waals surface area contributed by atoms with Crippen LogP contribution in [0.15, 0.2) is 24.4 Å². The molecule has 1 aromatic carbocycles. The fourth-order valence-corrected chi connectivity index (χ4v) is 4.69. The first kappa shape index (κ1) is 23.2. The number of aryl methyl sites for hydroxylation is 1. The minimum atomic E-state index is -0.789. The van der Waals surface area contributed by atoms with Gasteiger partial charge in [0, 0.05) is 20.2 Å². The number of anilines is 2. The number of hydrogen-bond acceptors (Lipinski definition) is 8. The molecule has 0 spiro atoms. The van der Waals surface area contributed by atoms with Crippen LogP contribution in [0.25, 0.3) is 10.6 Å². The molecule has 1 aliphatic rings. The van der Waals surface area contributed by atoms with Crippen molar-refractivity contribution >= 4 is 27.9 Å². The molecule has 4 rings (SSSR count). The van der Waals surface area contributed by atoms with Crippen molar-refractivity contribution in [2.75, 3.05) is 24.8 Å². The second kappa shape index (κ2) is 9.51. The number of nitrogens with one attached hydrogen (secondary N) is 1. The Bertz CT molecular complexity index is 1150. The molecule has 3 aromatic rings. The predicted molar refractivity (Wildman–Crippen MR) is 120 cm³/mol. The first-order valence-corrected chi connectivity index (χ1v) is 11.1. The summed E-state index contributed by atoms with van der Waals surface area (Å²) in [5.41, 5.74) is 12.7. The molecule has 2 aromatic heterocycles. The lowest BCUT2D eigenvalue weighted by atomic mass is 10.0. The molecule has 12 heteroatoms. The van der Waals surface area contributed by atoms with Crippen LogP contribution in [-0.4, -0.2) is 46.5 Å². The SMILES string of the molecule is CO[C@H]1COC(c2c(NC(=O)c3nc(-c4c(F)cccc4F)sc3N)cnn2C)CC[C@@H]1N. The highest BCUT2D eigenvalue weighted by Gasteiger charge is 2.30. The molecule has 3 heterocycles. The first-order chi connectivity index (χ1) is 15.8. The third-order valence-electron chi connectivity index (χ3n) is 5.59. The van der Waals surface area contributed by atoms with Crippen LogP contribution in [0.5, 0.6) is 0 Å². The smallest absolute Gasteiger partial charge is 0.277 e. The highest BCUT2D eigenvalue weighted by atomic mass is 32.1. The Morgan fingerprint density at radius 2 is 2.06 bits per heavy atom. The fraction of sp³-hybridized carbons (Fsp3) is 0.381. The monoisotopic (exact) mass is 478 g/mol. The highest BCUT2D eigenvalue weighted by Crippen LogP contribution is 2.35. The summed E-state index contributed by atoms with van der Waals surface area (Å²) in [5.74, 6) is -2.20. The van der Waals surface area contributed by atoms with Crippen molar-refractivity contribution < 1.29 is 23.0 Å². The topological polar surface area (TPSA) is 130 Å². The van der Waals surface area contributed by atoms with Gasteiger partial charge in [0.1, 0.15) is 27.7 Å². The van der Waals surface area contributed by atoms with Crippen LogP contribution >= 0.6 is 11.3 Å². The largest absolute Gasteiger partial charge is 0.389 e. The molecule has 1 saturated heterocycles. The molecule has 33 heavy (non-hydrogen) atoms. The number of nitrogens with two attached hydrogens (primary N) is 2. The molecule has 9 nitrogen and oxygen atoms in total. The van der Waals surface area contributed by atoms with E-state index < -0.39 is 17.5 Å². The van der Waals surface area contributed by atoms with Crippen LogP contribution in [0, 0.1) is 11.6 Å². The van der Waals surface area contributed by atoms with Crippen LogP contribution in [0.3, 0.4) is 0 Å². The summed E-state index contributed by atoms with van der Waals surface area (Å²) in [5, 5.41) is 7.00. The average molecular weight is 479 g/mol. The van der Waals surface area contributed by atoms with Crippen molar-refractivity contribution in [1.82, 2.24) is 14.8 Å². The lowest BCUT2D eigenvalue weighted by molar-refractivity contribution is -0.0211. The number of nitrogen functional groups attached to an aromatic ring is 1. The number of thiazole rings is 1. The van der Waals surface area contributed by atoms with Gasteiger partial charge in [-0.3, -0.25) is 9.48 Å². The van der Waals surface area contributed by atoms with Gasteiger partial charge >= 0.3 is 0 Å². The van der Waals surface area contributed by atoms with Crippen LogP contribution < -0.4 is 16.8 Å². The van der Waals surface area contributed by atoms with Crippen LogP contribution in [0.2, 0.25) is 0 Å². The van der Waals surface area contributed by atoms with Gasteiger partial charge in [0.05, 0.1) is 35.9 Å². The zero-order chi connectivity index (χ0) is 23.7. The Morgan fingerprint density at radius 1 is 1.33 bits per heavy atom. The van der Waals surface area contributed by atoms with Crippen molar-refractivity contribution in [1.29, 1.82) is 0 Å². The number of benzene rings is 1. The third kappa shape index (κ3) is 4.60. The van der Waals surface area contributed by atoms with Crippen molar-refractivity contribution in [3.05, 3.63) is 47.4 Å². The fourth-order valence-electron chi connectivity index (χ4n) is 3.82. The van der Waals surface area contributed by atoms with E-state index in [0.717, 1.165) is 23.5 Å². The van der Waals surface area contributed by atoms with E-state index in [1.54, 1.807) is 18.8 Å². The number of methoxy groups -OCH3 is 1. The molecule has 0 saturated carbocycles. The molecule has 1 amide bonds. The summed E-state index contributed by atoms with van der Waals surface area (Å²) in [7, 11) is 3.33. The Balaban J connectivity index is 1.58. The molecule has 1 fully saturated rings. The minimum absolute atomic E-state index is 0.0219. The Kier molecular flexibility index (Phi) is 6.70. The number of amides is 1. The Labute approximate surface area is 192 Å². The molecule has 176 valence electrons. The number of aromatic nitrogens is 3. The molecular weight excluding hydrogens is 454 g/mol. The van der Waals surface area contributed by atoms with E-state index in [2.05, 4.69) is 15.4 Å². The maximum atomic E-state index is 14.1. The summed E-state index contributed by atoms with van der Waals surface area (Å²) in [6, 6.07) is 3.31. The van der Waals surface area contributed by atoms with E-state index in [1.807, 2.05) is 0 Å². The van der Waals surface area contributed by atoms with E-state index in [-0.39, 0.29) is 39.5 Å². The van der Waals surface area contributed by atoms with E-state index >= 15 is 0 Å². The van der Waals surface area contributed by atoms with Gasteiger partial charge in [-0.15, -0.1) is 0 Å². The van der Waals surface area contributed by atoms with Crippen molar-refractivity contribution in [2.24, 2.45) is 12.8 Å². The maximum absolute atomic E-state index is 14.1. The van der Waals surface area contributed by atoms with Gasteiger partial charge in [-0.05, 0) is 25.0 Å². The second-order valence-corrected chi connectivity index (χ2v) is 8.72. The van der Waals surface area contributed by atoms with E-state index in [0.29, 0.717) is 30.8 Å². The summed E-state index contributed by atoms with van der Waals surface area (Å²) in [4.78, 5) is 17.1. The molecule has 0 aliphatic carbocycles. The van der Waals surface area contributed by atoms with E-state index in [1.165, 1.54) is 12.3 Å².